The number of halogens is 1. The lowest BCUT2D eigenvalue weighted by Crippen LogP contribution is -2.32. The molecule has 6 nitrogen and oxygen atoms in total. The van der Waals surface area contributed by atoms with Gasteiger partial charge in [-0.25, -0.2) is 14.4 Å². The van der Waals surface area contributed by atoms with Crippen molar-refractivity contribution in [2.75, 3.05) is 32.1 Å². The highest BCUT2D eigenvalue weighted by Gasteiger charge is 2.23. The number of anilines is 1. The normalized spacial score (nSPS) is 13.9. The summed E-state index contributed by atoms with van der Waals surface area (Å²) in [6, 6.07) is 10.5. The molecule has 0 aliphatic carbocycles. The number of hydrogen-bond acceptors (Lipinski definition) is 6. The van der Waals surface area contributed by atoms with Crippen molar-refractivity contribution in [2.45, 2.75) is 19.5 Å². The fourth-order valence-electron chi connectivity index (χ4n) is 3.52. The van der Waals surface area contributed by atoms with Gasteiger partial charge in [0.05, 0.1) is 12.3 Å². The average Bonchev–Trinajstić information content (AvgIpc) is 2.76. The summed E-state index contributed by atoms with van der Waals surface area (Å²) in [5.74, 6) is 1.36. The van der Waals surface area contributed by atoms with Crippen molar-refractivity contribution >= 4 is 5.82 Å². The lowest BCUT2D eigenvalue weighted by molar-refractivity contribution is 0.210. The van der Waals surface area contributed by atoms with Crippen LogP contribution in [0, 0.1) is 5.82 Å². The Morgan fingerprint density at radius 1 is 1.10 bits per heavy atom. The van der Waals surface area contributed by atoms with Crippen LogP contribution >= 0.6 is 0 Å². The second kappa shape index (κ2) is 9.07. The molecule has 0 spiro atoms. The molecule has 1 aromatic carbocycles. The number of nitrogens with zero attached hydrogens (tertiary/aromatic N) is 4. The van der Waals surface area contributed by atoms with Crippen LogP contribution in [0.15, 0.2) is 48.8 Å². The van der Waals surface area contributed by atoms with Crippen LogP contribution < -0.4 is 5.32 Å². The first-order chi connectivity index (χ1) is 14.2. The topological polar surface area (TPSA) is 63.2 Å². The van der Waals surface area contributed by atoms with Gasteiger partial charge in [-0.2, -0.15) is 0 Å². The van der Waals surface area contributed by atoms with E-state index < -0.39 is 0 Å². The van der Waals surface area contributed by atoms with Gasteiger partial charge in [-0.3, -0.25) is 9.88 Å². The van der Waals surface area contributed by atoms with Crippen molar-refractivity contribution in [3.8, 4) is 11.4 Å². The smallest absolute Gasteiger partial charge is 0.161 e. The van der Waals surface area contributed by atoms with Gasteiger partial charge < -0.3 is 10.1 Å². The van der Waals surface area contributed by atoms with Gasteiger partial charge >= 0.3 is 0 Å². The summed E-state index contributed by atoms with van der Waals surface area (Å²) in [6.45, 7) is 3.70. The molecule has 3 heterocycles. The maximum Gasteiger partial charge on any atom is 0.161 e. The van der Waals surface area contributed by atoms with E-state index in [1.807, 2.05) is 24.3 Å². The van der Waals surface area contributed by atoms with Crippen LogP contribution in [-0.4, -0.2) is 46.7 Å². The summed E-state index contributed by atoms with van der Waals surface area (Å²) in [5.41, 5.74) is 4.22. The maximum atomic E-state index is 13.2. The molecular formula is C22H24FN5O. The number of ether oxygens (including phenoxy) is 1. The van der Waals surface area contributed by atoms with Gasteiger partial charge in [-0.1, -0.05) is 12.1 Å². The highest BCUT2D eigenvalue weighted by molar-refractivity contribution is 5.59. The van der Waals surface area contributed by atoms with Crippen molar-refractivity contribution < 1.29 is 9.13 Å². The summed E-state index contributed by atoms with van der Waals surface area (Å²) in [7, 11) is 1.69. The summed E-state index contributed by atoms with van der Waals surface area (Å²) in [4.78, 5) is 16.1. The summed E-state index contributed by atoms with van der Waals surface area (Å²) in [6.07, 6.45) is 4.36. The Morgan fingerprint density at radius 2 is 1.90 bits per heavy atom. The lowest BCUT2D eigenvalue weighted by Gasteiger charge is -2.29. The van der Waals surface area contributed by atoms with E-state index in [0.29, 0.717) is 19.0 Å². The van der Waals surface area contributed by atoms with E-state index in [1.54, 1.807) is 19.5 Å². The van der Waals surface area contributed by atoms with E-state index in [0.717, 1.165) is 54.3 Å². The van der Waals surface area contributed by atoms with Gasteiger partial charge in [0.15, 0.2) is 5.82 Å². The first-order valence-electron chi connectivity index (χ1n) is 9.73. The zero-order valence-electron chi connectivity index (χ0n) is 16.4. The molecule has 7 heteroatoms. The largest absolute Gasteiger partial charge is 0.383 e. The van der Waals surface area contributed by atoms with Crippen molar-refractivity contribution in [2.24, 2.45) is 0 Å². The summed E-state index contributed by atoms with van der Waals surface area (Å²) in [5, 5.41) is 3.40. The molecule has 1 aliphatic rings. The van der Waals surface area contributed by atoms with Crippen molar-refractivity contribution in [1.82, 2.24) is 19.9 Å². The minimum absolute atomic E-state index is 0.209. The third-order valence-corrected chi connectivity index (χ3v) is 5.00. The summed E-state index contributed by atoms with van der Waals surface area (Å²) < 4.78 is 18.4. The van der Waals surface area contributed by atoms with E-state index in [4.69, 9.17) is 14.7 Å². The van der Waals surface area contributed by atoms with Crippen LogP contribution in [-0.2, 0) is 24.2 Å². The SMILES string of the molecule is COCCNc1nc(-c2ccncc2)nc2c1CCN(Cc1ccc(F)cc1)C2. The predicted octanol–water partition coefficient (Wildman–Crippen LogP) is 3.29. The average molecular weight is 393 g/mol. The molecule has 1 aliphatic heterocycles. The van der Waals surface area contributed by atoms with E-state index in [-0.39, 0.29) is 5.82 Å². The fraction of sp³-hybridized carbons (Fsp3) is 0.318. The molecule has 1 N–H and O–H groups in total. The molecule has 0 atom stereocenters. The van der Waals surface area contributed by atoms with Crippen LogP contribution in [0.25, 0.3) is 11.4 Å². The second-order valence-electron chi connectivity index (χ2n) is 7.06. The Kier molecular flexibility index (Phi) is 6.07. The van der Waals surface area contributed by atoms with Gasteiger partial charge in [0, 0.05) is 56.8 Å². The second-order valence-corrected chi connectivity index (χ2v) is 7.06. The Labute approximate surface area is 169 Å². The zero-order chi connectivity index (χ0) is 20.1. The molecule has 2 aromatic heterocycles. The molecule has 4 rings (SSSR count). The summed E-state index contributed by atoms with van der Waals surface area (Å²) >= 11 is 0. The molecule has 0 radical (unpaired) electrons. The lowest BCUT2D eigenvalue weighted by atomic mass is 10.0. The number of fused-ring (bicyclic) bond motifs is 1. The van der Waals surface area contributed by atoms with Crippen LogP contribution in [0.4, 0.5) is 10.2 Å². The van der Waals surface area contributed by atoms with Crippen molar-refractivity contribution in [3.05, 3.63) is 71.4 Å². The Bertz CT molecular complexity index is 949. The first-order valence-corrected chi connectivity index (χ1v) is 9.73. The molecule has 0 saturated heterocycles. The molecule has 0 unspecified atom stereocenters. The molecule has 0 amide bonds. The van der Waals surface area contributed by atoms with E-state index in [2.05, 4.69) is 15.2 Å². The minimum atomic E-state index is -0.209. The van der Waals surface area contributed by atoms with Gasteiger partial charge in [0.2, 0.25) is 0 Å². The number of nitrogens with one attached hydrogen (secondary N) is 1. The van der Waals surface area contributed by atoms with E-state index in [9.17, 15) is 4.39 Å². The predicted molar refractivity (Wildman–Crippen MR) is 110 cm³/mol. The van der Waals surface area contributed by atoms with Gasteiger partial charge in [-0.05, 0) is 36.2 Å². The molecule has 29 heavy (non-hydrogen) atoms. The third-order valence-electron chi connectivity index (χ3n) is 5.00. The highest BCUT2D eigenvalue weighted by Crippen LogP contribution is 2.27. The standard InChI is InChI=1S/C22H24FN5O/c1-29-13-11-25-22-19-8-12-28(14-16-2-4-18(23)5-3-16)15-20(19)26-21(27-22)17-6-9-24-10-7-17/h2-7,9-10H,8,11-15H2,1H3,(H,25,26,27). The molecule has 0 saturated carbocycles. The maximum absolute atomic E-state index is 13.2. The molecule has 0 bridgehead atoms. The van der Waals surface area contributed by atoms with Crippen molar-refractivity contribution in [3.63, 3.8) is 0 Å². The number of aromatic nitrogens is 3. The van der Waals surface area contributed by atoms with Gasteiger partial charge in [0.1, 0.15) is 11.6 Å². The highest BCUT2D eigenvalue weighted by atomic mass is 19.1. The van der Waals surface area contributed by atoms with Crippen LogP contribution in [0.5, 0.6) is 0 Å². The van der Waals surface area contributed by atoms with Gasteiger partial charge in [-0.15, -0.1) is 0 Å². The Balaban J connectivity index is 1.60. The zero-order valence-corrected chi connectivity index (χ0v) is 16.4. The number of methoxy groups -OCH3 is 1. The quantitative estimate of drug-likeness (QED) is 0.622. The van der Waals surface area contributed by atoms with Crippen LogP contribution in [0.2, 0.25) is 0 Å². The monoisotopic (exact) mass is 393 g/mol. The fourth-order valence-corrected chi connectivity index (χ4v) is 3.52. The van der Waals surface area contributed by atoms with Crippen molar-refractivity contribution in [1.29, 1.82) is 0 Å². The molecular weight excluding hydrogens is 369 g/mol. The Hall–Kier alpha value is -2.90. The number of hydrogen-bond donors (Lipinski definition) is 1. The van der Waals surface area contributed by atoms with Gasteiger partial charge in [0.25, 0.3) is 0 Å². The number of pyridine rings is 1. The number of benzene rings is 1. The third kappa shape index (κ3) is 4.75. The van der Waals surface area contributed by atoms with E-state index in [1.165, 1.54) is 12.1 Å². The Morgan fingerprint density at radius 3 is 2.66 bits per heavy atom. The minimum Gasteiger partial charge on any atom is -0.383 e. The molecule has 0 fully saturated rings. The number of rotatable bonds is 7. The van der Waals surface area contributed by atoms with Crippen LogP contribution in [0.1, 0.15) is 16.8 Å². The molecule has 150 valence electrons. The van der Waals surface area contributed by atoms with E-state index >= 15 is 0 Å². The van der Waals surface area contributed by atoms with Crippen LogP contribution in [0.3, 0.4) is 0 Å². The molecule has 3 aromatic rings. The first kappa shape index (κ1) is 19.4.